The van der Waals surface area contributed by atoms with E-state index in [1.165, 1.54) is 25.7 Å². The summed E-state index contributed by atoms with van der Waals surface area (Å²) in [6.07, 6.45) is 11.0. The van der Waals surface area contributed by atoms with E-state index in [4.69, 9.17) is 0 Å². The van der Waals surface area contributed by atoms with Crippen molar-refractivity contribution in [2.24, 2.45) is 7.05 Å². The summed E-state index contributed by atoms with van der Waals surface area (Å²) >= 11 is 0. The summed E-state index contributed by atoms with van der Waals surface area (Å²) in [6.45, 7) is 7.67. The average Bonchev–Trinajstić information content (AvgIpc) is 2.83. The second kappa shape index (κ2) is 9.34. The Morgan fingerprint density at radius 2 is 1.72 bits per heavy atom. The zero-order valence-electron chi connectivity index (χ0n) is 15.7. The minimum atomic E-state index is 0.327. The van der Waals surface area contributed by atoms with E-state index in [2.05, 4.69) is 24.3 Å². The van der Waals surface area contributed by atoms with Crippen LogP contribution in [-0.2, 0) is 18.3 Å². The van der Waals surface area contributed by atoms with Crippen molar-refractivity contribution < 1.29 is 4.79 Å². The van der Waals surface area contributed by atoms with Gasteiger partial charge in [0, 0.05) is 52.0 Å². The molecule has 3 rings (SSSR count). The fraction of sp³-hybridized carbons (Fsp3) is 0.789. The highest BCUT2D eigenvalue weighted by Crippen LogP contribution is 2.11. The number of amides is 1. The minimum Gasteiger partial charge on any atom is -0.340 e. The number of likely N-dealkylation sites (tertiary alicyclic amines) is 1. The molecule has 2 fully saturated rings. The first-order valence-electron chi connectivity index (χ1n) is 9.91. The quantitative estimate of drug-likeness (QED) is 0.807. The fourth-order valence-electron chi connectivity index (χ4n) is 3.92. The molecule has 0 atom stereocenters. The monoisotopic (exact) mass is 347 g/mol. The molecule has 0 unspecified atom stereocenters. The van der Waals surface area contributed by atoms with E-state index in [1.807, 2.05) is 19.4 Å². The van der Waals surface area contributed by atoms with E-state index in [1.54, 1.807) is 0 Å². The van der Waals surface area contributed by atoms with E-state index < -0.39 is 0 Å². The van der Waals surface area contributed by atoms with Crippen molar-refractivity contribution in [1.82, 2.24) is 24.3 Å². The van der Waals surface area contributed by atoms with Gasteiger partial charge in [-0.1, -0.05) is 12.8 Å². The molecule has 0 N–H and O–H groups in total. The number of hydrogen-bond acceptors (Lipinski definition) is 4. The zero-order chi connectivity index (χ0) is 17.5. The number of nitrogens with zero attached hydrogens (tertiary/aromatic N) is 5. The van der Waals surface area contributed by atoms with Gasteiger partial charge in [0.25, 0.3) is 0 Å². The Kier molecular flexibility index (Phi) is 6.87. The molecule has 0 bridgehead atoms. The van der Waals surface area contributed by atoms with Gasteiger partial charge >= 0.3 is 0 Å². The van der Waals surface area contributed by atoms with Gasteiger partial charge in [0.15, 0.2) is 0 Å². The van der Waals surface area contributed by atoms with Crippen molar-refractivity contribution in [2.75, 3.05) is 52.4 Å². The molecule has 3 heterocycles. The molecule has 6 heteroatoms. The normalized spacial score (nSPS) is 21.1. The topological polar surface area (TPSA) is 44.6 Å². The Balaban J connectivity index is 1.42. The zero-order valence-corrected chi connectivity index (χ0v) is 15.7. The number of aromatic nitrogens is 2. The molecule has 1 aromatic rings. The molecule has 0 spiro atoms. The van der Waals surface area contributed by atoms with Crippen LogP contribution in [0, 0.1) is 0 Å². The summed E-state index contributed by atoms with van der Waals surface area (Å²) < 4.78 is 2.09. The lowest BCUT2D eigenvalue weighted by Crippen LogP contribution is -2.42. The summed E-state index contributed by atoms with van der Waals surface area (Å²) in [5, 5.41) is 0. The van der Waals surface area contributed by atoms with Gasteiger partial charge in [-0.3, -0.25) is 9.69 Å². The third kappa shape index (κ3) is 5.54. The second-order valence-corrected chi connectivity index (χ2v) is 7.47. The lowest BCUT2D eigenvalue weighted by Gasteiger charge is -2.26. The van der Waals surface area contributed by atoms with Crippen LogP contribution in [0.5, 0.6) is 0 Å². The molecule has 2 aliphatic rings. The van der Waals surface area contributed by atoms with Gasteiger partial charge in [-0.2, -0.15) is 0 Å². The van der Waals surface area contributed by atoms with Crippen LogP contribution in [0.4, 0.5) is 0 Å². The number of imidazole rings is 1. The first kappa shape index (κ1) is 18.4. The molecule has 1 aromatic heterocycles. The largest absolute Gasteiger partial charge is 0.340 e. The van der Waals surface area contributed by atoms with Crippen molar-refractivity contribution in [2.45, 2.75) is 38.5 Å². The molecule has 0 aromatic carbocycles. The summed E-state index contributed by atoms with van der Waals surface area (Å²) in [5.41, 5.74) is 0. The van der Waals surface area contributed by atoms with Gasteiger partial charge in [0.2, 0.25) is 5.91 Å². The van der Waals surface area contributed by atoms with Crippen LogP contribution in [0.3, 0.4) is 0 Å². The van der Waals surface area contributed by atoms with Crippen LogP contribution < -0.4 is 0 Å². The van der Waals surface area contributed by atoms with E-state index in [9.17, 15) is 4.79 Å². The minimum absolute atomic E-state index is 0.327. The number of hydrogen-bond donors (Lipinski definition) is 0. The SMILES string of the molecule is Cn1ccnc1CCN1CCCN(C(=O)CN2CCCCCC2)CC1. The molecule has 2 saturated heterocycles. The molecule has 1 amide bonds. The predicted octanol–water partition coefficient (Wildman–Crippen LogP) is 1.37. The smallest absolute Gasteiger partial charge is 0.236 e. The van der Waals surface area contributed by atoms with E-state index in [0.29, 0.717) is 12.5 Å². The molecule has 0 aliphatic carbocycles. The van der Waals surface area contributed by atoms with Crippen molar-refractivity contribution in [3.63, 3.8) is 0 Å². The third-order valence-corrected chi connectivity index (χ3v) is 5.57. The lowest BCUT2D eigenvalue weighted by molar-refractivity contribution is -0.132. The number of carbonyl (C=O) groups is 1. The number of rotatable bonds is 5. The highest BCUT2D eigenvalue weighted by Gasteiger charge is 2.21. The molecule has 6 nitrogen and oxygen atoms in total. The summed E-state index contributed by atoms with van der Waals surface area (Å²) in [5.74, 6) is 1.46. The maximum absolute atomic E-state index is 12.7. The first-order chi connectivity index (χ1) is 12.2. The Labute approximate surface area is 151 Å². The highest BCUT2D eigenvalue weighted by molar-refractivity contribution is 5.78. The van der Waals surface area contributed by atoms with E-state index >= 15 is 0 Å². The van der Waals surface area contributed by atoms with Crippen LogP contribution in [0.25, 0.3) is 0 Å². The highest BCUT2D eigenvalue weighted by atomic mass is 16.2. The average molecular weight is 348 g/mol. The second-order valence-electron chi connectivity index (χ2n) is 7.47. The number of carbonyl (C=O) groups excluding carboxylic acids is 1. The summed E-state index contributed by atoms with van der Waals surface area (Å²) in [6, 6.07) is 0. The van der Waals surface area contributed by atoms with Gasteiger partial charge in [-0.15, -0.1) is 0 Å². The molecule has 25 heavy (non-hydrogen) atoms. The van der Waals surface area contributed by atoms with Gasteiger partial charge < -0.3 is 14.4 Å². The standard InChI is InChI=1S/C19H33N5O/c1-21-14-8-20-18(21)7-13-22-11-6-12-24(16-15-22)19(25)17-23-9-4-2-3-5-10-23/h8,14H,2-7,9-13,15-17H2,1H3. The molecular formula is C19H33N5O. The van der Waals surface area contributed by atoms with Crippen LogP contribution in [0.2, 0.25) is 0 Å². The van der Waals surface area contributed by atoms with Crippen molar-refractivity contribution in [1.29, 1.82) is 0 Å². The van der Waals surface area contributed by atoms with Gasteiger partial charge in [-0.05, 0) is 38.9 Å². The Hall–Kier alpha value is -1.40. The van der Waals surface area contributed by atoms with E-state index in [0.717, 1.165) is 64.5 Å². The van der Waals surface area contributed by atoms with Crippen molar-refractivity contribution in [3.8, 4) is 0 Å². The Morgan fingerprint density at radius 1 is 0.960 bits per heavy atom. The van der Waals surface area contributed by atoms with Crippen LogP contribution in [0.1, 0.15) is 37.9 Å². The Bertz CT molecular complexity index is 536. The summed E-state index contributed by atoms with van der Waals surface area (Å²) in [7, 11) is 2.05. The first-order valence-corrected chi connectivity index (χ1v) is 9.91. The molecule has 0 saturated carbocycles. The molecule has 140 valence electrons. The van der Waals surface area contributed by atoms with Crippen LogP contribution >= 0.6 is 0 Å². The molecule has 2 aliphatic heterocycles. The fourth-order valence-corrected chi connectivity index (χ4v) is 3.92. The maximum Gasteiger partial charge on any atom is 0.236 e. The Morgan fingerprint density at radius 3 is 2.44 bits per heavy atom. The summed E-state index contributed by atoms with van der Waals surface area (Å²) in [4.78, 5) is 24.0. The van der Waals surface area contributed by atoms with Gasteiger partial charge in [0.05, 0.1) is 6.54 Å². The maximum atomic E-state index is 12.7. The lowest BCUT2D eigenvalue weighted by atomic mass is 10.2. The number of aryl methyl sites for hydroxylation is 1. The van der Waals surface area contributed by atoms with Gasteiger partial charge in [-0.25, -0.2) is 4.98 Å². The molecular weight excluding hydrogens is 314 g/mol. The van der Waals surface area contributed by atoms with Crippen molar-refractivity contribution in [3.05, 3.63) is 18.2 Å². The van der Waals surface area contributed by atoms with E-state index in [-0.39, 0.29) is 0 Å². The molecule has 0 radical (unpaired) electrons. The van der Waals surface area contributed by atoms with Gasteiger partial charge in [0.1, 0.15) is 5.82 Å². The third-order valence-electron chi connectivity index (χ3n) is 5.57. The predicted molar refractivity (Wildman–Crippen MR) is 99.5 cm³/mol. The van der Waals surface area contributed by atoms with Crippen LogP contribution in [0.15, 0.2) is 12.4 Å². The van der Waals surface area contributed by atoms with Crippen LogP contribution in [-0.4, -0.2) is 82.5 Å². The van der Waals surface area contributed by atoms with Crippen molar-refractivity contribution >= 4 is 5.91 Å².